The summed E-state index contributed by atoms with van der Waals surface area (Å²) in [5, 5.41) is 18.8. The number of rotatable bonds is 5. The molecule has 15 heteroatoms. The van der Waals surface area contributed by atoms with Crippen molar-refractivity contribution in [2.24, 2.45) is 0 Å². The Labute approximate surface area is 207 Å². The standard InChI is InChI=1S/C18H24N4O.2C2HF3O2/c1-2-5-15(4-1)21-13-16-7-10-20-22(16)17(14-21)8-11-23-18-6-3-9-19-12-18;2*3-2(4,5)1(6)7/h3,6-7,9-10,12,15,17H,1-2,4-5,8,11,13-14H2;2*(H,6,7). The van der Waals surface area contributed by atoms with E-state index in [0.717, 1.165) is 31.3 Å². The molecular weight excluding hydrogens is 514 g/mol. The average molecular weight is 540 g/mol. The summed E-state index contributed by atoms with van der Waals surface area (Å²) in [4.78, 5) is 24.5. The number of carboxylic acid groups (broad SMARTS) is 2. The van der Waals surface area contributed by atoms with E-state index in [1.54, 1.807) is 12.4 Å². The van der Waals surface area contributed by atoms with Crippen molar-refractivity contribution >= 4 is 11.9 Å². The Bertz CT molecular complexity index is 969. The van der Waals surface area contributed by atoms with Gasteiger partial charge in [-0.15, -0.1) is 0 Å². The molecule has 37 heavy (non-hydrogen) atoms. The van der Waals surface area contributed by atoms with E-state index in [9.17, 15) is 26.3 Å². The predicted molar refractivity (Wildman–Crippen MR) is 116 cm³/mol. The first-order valence-electron chi connectivity index (χ1n) is 11.2. The summed E-state index contributed by atoms with van der Waals surface area (Å²) in [6.07, 6.45) is 1.76. The third-order valence-electron chi connectivity index (χ3n) is 5.59. The zero-order valence-corrected chi connectivity index (χ0v) is 19.5. The molecule has 206 valence electrons. The average Bonchev–Trinajstić information content (AvgIpc) is 3.51. The minimum atomic E-state index is -5.08. The van der Waals surface area contributed by atoms with E-state index < -0.39 is 24.3 Å². The van der Waals surface area contributed by atoms with Gasteiger partial charge in [0.15, 0.2) is 0 Å². The molecule has 1 aliphatic heterocycles. The van der Waals surface area contributed by atoms with Gasteiger partial charge in [-0.05, 0) is 31.0 Å². The topological polar surface area (TPSA) is 118 Å². The summed E-state index contributed by atoms with van der Waals surface area (Å²) in [6.45, 7) is 2.84. The molecule has 9 nitrogen and oxygen atoms in total. The van der Waals surface area contributed by atoms with Crippen molar-refractivity contribution in [1.29, 1.82) is 0 Å². The van der Waals surface area contributed by atoms with Gasteiger partial charge in [-0.25, -0.2) is 9.59 Å². The van der Waals surface area contributed by atoms with E-state index >= 15 is 0 Å². The minimum Gasteiger partial charge on any atom is -0.492 e. The number of ether oxygens (including phenoxy) is 1. The number of alkyl halides is 6. The molecule has 0 saturated heterocycles. The van der Waals surface area contributed by atoms with Gasteiger partial charge in [0, 0.05) is 37.9 Å². The van der Waals surface area contributed by atoms with Crippen LogP contribution in [0, 0.1) is 0 Å². The summed E-state index contributed by atoms with van der Waals surface area (Å²) in [6, 6.07) is 7.20. The van der Waals surface area contributed by atoms with Crippen LogP contribution in [0.3, 0.4) is 0 Å². The molecule has 0 radical (unpaired) electrons. The van der Waals surface area contributed by atoms with Crippen LogP contribution in [0.1, 0.15) is 43.8 Å². The molecule has 2 N–H and O–H groups in total. The quantitative estimate of drug-likeness (QED) is 0.539. The number of aliphatic carboxylic acids is 2. The molecule has 3 heterocycles. The SMILES string of the molecule is O=C(O)C(F)(F)F.O=C(O)C(F)(F)F.c1cncc(OCCC2CN(C3CCCC3)Cc3ccnn32)c1. The van der Waals surface area contributed by atoms with E-state index in [-0.39, 0.29) is 0 Å². The highest BCUT2D eigenvalue weighted by atomic mass is 19.4. The summed E-state index contributed by atoms with van der Waals surface area (Å²) in [7, 11) is 0. The van der Waals surface area contributed by atoms with Crippen LogP contribution in [-0.2, 0) is 16.1 Å². The largest absolute Gasteiger partial charge is 0.492 e. The predicted octanol–water partition coefficient (Wildman–Crippen LogP) is 4.31. The second-order valence-electron chi connectivity index (χ2n) is 8.22. The molecule has 1 aliphatic carbocycles. The summed E-state index contributed by atoms with van der Waals surface area (Å²) >= 11 is 0. The number of pyridine rings is 1. The van der Waals surface area contributed by atoms with Crippen molar-refractivity contribution in [2.45, 2.75) is 63.1 Å². The maximum absolute atomic E-state index is 10.6. The van der Waals surface area contributed by atoms with Crippen LogP contribution in [0.25, 0.3) is 0 Å². The minimum absolute atomic E-state index is 0.408. The summed E-state index contributed by atoms with van der Waals surface area (Å²) in [5.41, 5.74) is 1.34. The number of hydrogen-bond acceptors (Lipinski definition) is 6. The smallest absolute Gasteiger partial charge is 0.490 e. The zero-order valence-electron chi connectivity index (χ0n) is 19.5. The highest BCUT2D eigenvalue weighted by molar-refractivity contribution is 5.73. The lowest BCUT2D eigenvalue weighted by molar-refractivity contribution is -0.193. The van der Waals surface area contributed by atoms with Gasteiger partial charge in [-0.3, -0.25) is 14.6 Å². The van der Waals surface area contributed by atoms with Gasteiger partial charge in [0.25, 0.3) is 0 Å². The van der Waals surface area contributed by atoms with Crippen molar-refractivity contribution in [3.05, 3.63) is 42.5 Å². The Hall–Kier alpha value is -3.36. The number of fused-ring (bicyclic) bond motifs is 1. The van der Waals surface area contributed by atoms with Gasteiger partial charge in [0.05, 0.1) is 24.5 Å². The van der Waals surface area contributed by atoms with Crippen molar-refractivity contribution < 1.29 is 50.9 Å². The molecule has 0 amide bonds. The second-order valence-corrected chi connectivity index (χ2v) is 8.22. The Morgan fingerprint density at radius 1 is 1.00 bits per heavy atom. The third kappa shape index (κ3) is 9.90. The van der Waals surface area contributed by atoms with Crippen LogP contribution in [0.5, 0.6) is 5.75 Å². The molecule has 1 fully saturated rings. The first-order chi connectivity index (χ1) is 17.3. The number of nitrogens with zero attached hydrogens (tertiary/aromatic N) is 4. The van der Waals surface area contributed by atoms with Gasteiger partial charge in [0.1, 0.15) is 5.75 Å². The third-order valence-corrected chi connectivity index (χ3v) is 5.59. The number of halogens is 6. The molecule has 1 atom stereocenters. The molecule has 2 aromatic heterocycles. The fraction of sp³-hybridized carbons (Fsp3) is 0.545. The van der Waals surface area contributed by atoms with Crippen LogP contribution >= 0.6 is 0 Å². The van der Waals surface area contributed by atoms with Crippen molar-refractivity contribution in [2.75, 3.05) is 13.2 Å². The molecule has 2 aliphatic rings. The molecule has 1 saturated carbocycles. The van der Waals surface area contributed by atoms with E-state index in [0.29, 0.717) is 12.6 Å². The molecular formula is C22H26F6N4O5. The van der Waals surface area contributed by atoms with Crippen LogP contribution in [0.15, 0.2) is 36.8 Å². The first-order valence-corrected chi connectivity index (χ1v) is 11.2. The number of carbonyl (C=O) groups is 2. The molecule has 0 aromatic carbocycles. The maximum Gasteiger partial charge on any atom is 0.490 e. The summed E-state index contributed by atoms with van der Waals surface area (Å²) < 4.78 is 71.5. The highest BCUT2D eigenvalue weighted by Crippen LogP contribution is 2.30. The lowest BCUT2D eigenvalue weighted by Gasteiger charge is -2.37. The van der Waals surface area contributed by atoms with Crippen molar-refractivity contribution in [3.63, 3.8) is 0 Å². The lowest BCUT2D eigenvalue weighted by atomic mass is 10.1. The van der Waals surface area contributed by atoms with E-state index in [2.05, 4.69) is 25.7 Å². The molecule has 2 aromatic rings. The molecule has 4 rings (SSSR count). The van der Waals surface area contributed by atoms with Crippen LogP contribution in [0.4, 0.5) is 26.3 Å². The summed E-state index contributed by atoms with van der Waals surface area (Å²) in [5.74, 6) is -4.67. The number of carboxylic acids is 2. The Balaban J connectivity index is 0.000000286. The highest BCUT2D eigenvalue weighted by Gasteiger charge is 2.39. The molecule has 0 spiro atoms. The zero-order chi connectivity index (χ0) is 27.6. The first kappa shape index (κ1) is 29.9. The van der Waals surface area contributed by atoms with E-state index in [4.69, 9.17) is 24.5 Å². The second kappa shape index (κ2) is 13.3. The van der Waals surface area contributed by atoms with Gasteiger partial charge >= 0.3 is 24.3 Å². The number of hydrogen-bond donors (Lipinski definition) is 2. The van der Waals surface area contributed by atoms with Crippen LogP contribution < -0.4 is 4.74 Å². The van der Waals surface area contributed by atoms with E-state index in [1.165, 1.54) is 31.4 Å². The fourth-order valence-electron chi connectivity index (χ4n) is 3.92. The monoisotopic (exact) mass is 540 g/mol. The Kier molecular flexibility index (Phi) is 10.7. The fourth-order valence-corrected chi connectivity index (χ4v) is 3.92. The van der Waals surface area contributed by atoms with Crippen LogP contribution in [-0.4, -0.2) is 73.4 Å². The molecule has 1 unspecified atom stereocenters. The molecule has 0 bridgehead atoms. The van der Waals surface area contributed by atoms with Gasteiger partial charge in [0.2, 0.25) is 0 Å². The Morgan fingerprint density at radius 3 is 2.11 bits per heavy atom. The van der Waals surface area contributed by atoms with Gasteiger partial charge < -0.3 is 14.9 Å². The lowest BCUT2D eigenvalue weighted by Crippen LogP contribution is -2.43. The van der Waals surface area contributed by atoms with Crippen molar-refractivity contribution in [1.82, 2.24) is 19.7 Å². The van der Waals surface area contributed by atoms with Crippen LogP contribution in [0.2, 0.25) is 0 Å². The van der Waals surface area contributed by atoms with E-state index in [1.807, 2.05) is 18.3 Å². The normalized spacial score (nSPS) is 18.1. The number of aromatic nitrogens is 3. The maximum atomic E-state index is 10.6. The van der Waals surface area contributed by atoms with Crippen molar-refractivity contribution in [3.8, 4) is 5.75 Å². The van der Waals surface area contributed by atoms with Gasteiger partial charge in [-0.1, -0.05) is 12.8 Å². The van der Waals surface area contributed by atoms with Gasteiger partial charge in [-0.2, -0.15) is 31.4 Å². The Morgan fingerprint density at radius 2 is 1.59 bits per heavy atom.